The average Bonchev–Trinajstić information content (AvgIpc) is 2.67. The van der Waals surface area contributed by atoms with E-state index in [4.69, 9.17) is 5.26 Å². The van der Waals surface area contributed by atoms with Crippen LogP contribution in [0.5, 0.6) is 0 Å². The maximum atomic E-state index is 12.7. The zero-order valence-electron chi connectivity index (χ0n) is 16.6. The van der Waals surface area contributed by atoms with Crippen molar-refractivity contribution >= 4 is 21.6 Å². The van der Waals surface area contributed by atoms with Gasteiger partial charge in [-0.2, -0.15) is 5.26 Å². The van der Waals surface area contributed by atoms with Crippen molar-refractivity contribution in [2.75, 3.05) is 17.8 Å². The van der Waals surface area contributed by atoms with E-state index in [2.05, 4.69) is 10.8 Å². The van der Waals surface area contributed by atoms with Gasteiger partial charge in [-0.15, -0.1) is 0 Å². The molecule has 0 aliphatic carbocycles. The van der Waals surface area contributed by atoms with Crippen LogP contribution in [-0.2, 0) is 10.0 Å². The Morgan fingerprint density at radius 3 is 2.39 bits per heavy atom. The van der Waals surface area contributed by atoms with Gasteiger partial charge in [0.2, 0.25) is 0 Å². The van der Waals surface area contributed by atoms with Crippen LogP contribution >= 0.6 is 0 Å². The lowest BCUT2D eigenvalue weighted by atomic mass is 10.1. The summed E-state index contributed by atoms with van der Waals surface area (Å²) in [5.74, 6) is -0.443. The largest absolute Gasteiger partial charge is 0.338 e. The number of hydrogen-bond acceptors (Lipinski definition) is 4. The average molecular weight is 400 g/mol. The Morgan fingerprint density at radius 1 is 1.18 bits per heavy atom. The summed E-state index contributed by atoms with van der Waals surface area (Å²) in [6.07, 6.45) is 0. The second-order valence-corrected chi connectivity index (χ2v) is 8.48. The minimum Gasteiger partial charge on any atom is -0.338 e. The molecule has 1 unspecified atom stereocenters. The summed E-state index contributed by atoms with van der Waals surface area (Å²) in [4.78, 5) is 14.4. The molecule has 2 aromatic rings. The summed E-state index contributed by atoms with van der Waals surface area (Å²) < 4.78 is 27.9. The highest BCUT2D eigenvalue weighted by atomic mass is 32.2. The first kappa shape index (κ1) is 21.5. The fraction of sp³-hybridized carbons (Fsp3) is 0.333. The fourth-order valence-electron chi connectivity index (χ4n) is 2.80. The lowest BCUT2D eigenvalue weighted by molar-refractivity contribution is 0.0752. The molecule has 0 aliphatic heterocycles. The van der Waals surface area contributed by atoms with Gasteiger partial charge in [-0.1, -0.05) is 12.1 Å². The molecule has 0 aliphatic rings. The Kier molecular flexibility index (Phi) is 6.81. The first-order chi connectivity index (χ1) is 13.2. The molecule has 6 nitrogen and oxygen atoms in total. The molecule has 0 saturated heterocycles. The third-order valence-corrected chi connectivity index (χ3v) is 5.92. The summed E-state index contributed by atoms with van der Waals surface area (Å²) in [6.45, 7) is 8.05. The Labute approximate surface area is 166 Å². The van der Waals surface area contributed by atoms with Crippen molar-refractivity contribution in [3.05, 3.63) is 59.2 Å². The number of carbonyl (C=O) groups is 1. The summed E-state index contributed by atoms with van der Waals surface area (Å²) >= 11 is 0. The number of carbonyl (C=O) groups excluding carboxylic acids is 1. The highest BCUT2D eigenvalue weighted by molar-refractivity contribution is 7.92. The van der Waals surface area contributed by atoms with Crippen LogP contribution in [0.3, 0.4) is 0 Å². The first-order valence-electron chi connectivity index (χ1n) is 9.07. The smallest absolute Gasteiger partial charge is 0.262 e. The maximum Gasteiger partial charge on any atom is 0.262 e. The number of hydrogen-bond donors (Lipinski definition) is 1. The Bertz CT molecular complexity index is 993. The second-order valence-electron chi connectivity index (χ2n) is 6.83. The lowest BCUT2D eigenvalue weighted by Crippen LogP contribution is -2.34. The first-order valence-corrected chi connectivity index (χ1v) is 10.5. The Hall–Kier alpha value is -2.85. The van der Waals surface area contributed by atoms with Gasteiger partial charge in [0.1, 0.15) is 0 Å². The van der Waals surface area contributed by atoms with Crippen molar-refractivity contribution < 1.29 is 13.2 Å². The third-order valence-electron chi connectivity index (χ3n) is 4.40. The molecule has 0 bridgehead atoms. The van der Waals surface area contributed by atoms with Gasteiger partial charge >= 0.3 is 0 Å². The summed E-state index contributed by atoms with van der Waals surface area (Å²) in [5.41, 5.74) is 2.35. The second kappa shape index (κ2) is 8.89. The van der Waals surface area contributed by atoms with Gasteiger partial charge in [0.05, 0.1) is 16.9 Å². The molecule has 0 heterocycles. The highest BCUT2D eigenvalue weighted by Gasteiger charge is 2.19. The summed E-state index contributed by atoms with van der Waals surface area (Å²) in [5, 5.41) is 8.95. The van der Waals surface area contributed by atoms with E-state index in [1.165, 1.54) is 0 Å². The number of sulfonamides is 1. The number of rotatable bonds is 7. The molecular weight excluding hydrogens is 374 g/mol. The topological polar surface area (TPSA) is 90.3 Å². The van der Waals surface area contributed by atoms with Crippen molar-refractivity contribution in [2.45, 2.75) is 32.6 Å². The number of benzene rings is 2. The van der Waals surface area contributed by atoms with E-state index in [-0.39, 0.29) is 16.7 Å². The van der Waals surface area contributed by atoms with Gasteiger partial charge < -0.3 is 4.90 Å². The van der Waals surface area contributed by atoms with Gasteiger partial charge in [-0.3, -0.25) is 9.52 Å². The SMILES string of the molecule is CCN(CC(C)C#N)C(=O)c1ccc(NS(=O)(=O)c2cc(C)ccc2C)cc1. The van der Waals surface area contributed by atoms with Gasteiger partial charge in [0.25, 0.3) is 15.9 Å². The quantitative estimate of drug-likeness (QED) is 0.768. The molecule has 1 N–H and O–H groups in total. The zero-order chi connectivity index (χ0) is 20.9. The minimum atomic E-state index is -3.72. The molecule has 2 rings (SSSR count). The predicted molar refractivity (Wildman–Crippen MR) is 110 cm³/mol. The number of anilines is 1. The predicted octanol–water partition coefficient (Wildman–Crippen LogP) is 3.73. The van der Waals surface area contributed by atoms with Crippen LogP contribution in [0.1, 0.15) is 35.3 Å². The van der Waals surface area contributed by atoms with E-state index in [0.717, 1.165) is 5.56 Å². The van der Waals surface area contributed by atoms with E-state index in [9.17, 15) is 13.2 Å². The molecular formula is C21H25N3O3S. The van der Waals surface area contributed by atoms with Crippen LogP contribution in [0.4, 0.5) is 5.69 Å². The molecule has 0 aromatic heterocycles. The lowest BCUT2D eigenvalue weighted by Gasteiger charge is -2.22. The van der Waals surface area contributed by atoms with E-state index in [1.807, 2.05) is 19.9 Å². The molecule has 0 saturated carbocycles. The number of amides is 1. The molecule has 0 spiro atoms. The van der Waals surface area contributed by atoms with Crippen LogP contribution in [0.15, 0.2) is 47.4 Å². The standard InChI is InChI=1S/C21H25N3O3S/c1-5-24(14-16(3)13-22)21(25)18-8-10-19(11-9-18)23-28(26,27)20-12-15(2)6-7-17(20)4/h6-12,16,23H,5,14H2,1-4H3. The number of nitrogens with one attached hydrogen (secondary N) is 1. The molecule has 2 aromatic carbocycles. The van der Waals surface area contributed by atoms with Crippen molar-refractivity contribution in [2.24, 2.45) is 5.92 Å². The number of nitriles is 1. The van der Waals surface area contributed by atoms with Gasteiger partial charge in [0, 0.05) is 24.3 Å². The van der Waals surface area contributed by atoms with Gasteiger partial charge in [-0.05, 0) is 69.2 Å². The third kappa shape index (κ3) is 5.11. The summed E-state index contributed by atoms with van der Waals surface area (Å²) in [7, 11) is -3.72. The van der Waals surface area contributed by atoms with E-state index in [1.54, 1.807) is 55.1 Å². The maximum absolute atomic E-state index is 12.7. The minimum absolute atomic E-state index is 0.187. The van der Waals surface area contributed by atoms with E-state index in [0.29, 0.717) is 29.9 Å². The van der Waals surface area contributed by atoms with Crippen molar-refractivity contribution in [1.82, 2.24) is 4.90 Å². The molecule has 1 amide bonds. The van der Waals surface area contributed by atoms with Crippen LogP contribution < -0.4 is 4.72 Å². The fourth-order valence-corrected chi connectivity index (χ4v) is 4.19. The number of nitrogens with zero attached hydrogens (tertiary/aromatic N) is 2. The van der Waals surface area contributed by atoms with Crippen molar-refractivity contribution in [3.63, 3.8) is 0 Å². The van der Waals surface area contributed by atoms with Crippen LogP contribution in [0.2, 0.25) is 0 Å². The molecule has 28 heavy (non-hydrogen) atoms. The van der Waals surface area contributed by atoms with Gasteiger partial charge in [-0.25, -0.2) is 8.42 Å². The monoisotopic (exact) mass is 399 g/mol. The van der Waals surface area contributed by atoms with Crippen LogP contribution in [0, 0.1) is 31.1 Å². The van der Waals surface area contributed by atoms with Crippen molar-refractivity contribution in [1.29, 1.82) is 5.26 Å². The molecule has 0 fully saturated rings. The Morgan fingerprint density at radius 2 is 1.82 bits per heavy atom. The zero-order valence-corrected chi connectivity index (χ0v) is 17.4. The molecule has 0 radical (unpaired) electrons. The normalized spacial score (nSPS) is 12.1. The Balaban J connectivity index is 2.19. The van der Waals surface area contributed by atoms with Gasteiger partial charge in [0.15, 0.2) is 0 Å². The highest BCUT2D eigenvalue weighted by Crippen LogP contribution is 2.21. The van der Waals surface area contributed by atoms with E-state index >= 15 is 0 Å². The summed E-state index contributed by atoms with van der Waals surface area (Å²) in [6, 6.07) is 13.7. The van der Waals surface area contributed by atoms with E-state index < -0.39 is 10.0 Å². The number of aryl methyl sites for hydroxylation is 2. The molecule has 148 valence electrons. The van der Waals surface area contributed by atoms with Crippen molar-refractivity contribution in [3.8, 4) is 6.07 Å². The van der Waals surface area contributed by atoms with Crippen LogP contribution in [0.25, 0.3) is 0 Å². The van der Waals surface area contributed by atoms with Crippen LogP contribution in [-0.4, -0.2) is 32.3 Å². The molecule has 7 heteroatoms. The molecule has 1 atom stereocenters.